The van der Waals surface area contributed by atoms with Gasteiger partial charge in [-0.1, -0.05) is 70.9 Å². The van der Waals surface area contributed by atoms with E-state index in [2.05, 4.69) is 63.3 Å². The lowest BCUT2D eigenvalue weighted by Gasteiger charge is -2.29. The van der Waals surface area contributed by atoms with E-state index >= 15 is 0 Å². The summed E-state index contributed by atoms with van der Waals surface area (Å²) in [5.74, 6) is 0.727. The molecule has 1 aromatic carbocycles. The molecule has 0 amide bonds. The Morgan fingerprint density at radius 1 is 1.00 bits per heavy atom. The van der Waals surface area contributed by atoms with Gasteiger partial charge in [-0.2, -0.15) is 0 Å². The average molecular weight is 219 g/mol. The van der Waals surface area contributed by atoms with E-state index in [0.29, 0.717) is 12.1 Å². The molecule has 0 aromatic heterocycles. The molecule has 16 heavy (non-hydrogen) atoms. The summed E-state index contributed by atoms with van der Waals surface area (Å²) < 4.78 is 0. The van der Waals surface area contributed by atoms with Crippen molar-refractivity contribution in [2.24, 2.45) is 5.92 Å². The molecule has 1 rings (SSSR count). The van der Waals surface area contributed by atoms with Crippen LogP contribution >= 0.6 is 0 Å². The predicted molar refractivity (Wildman–Crippen MR) is 71.5 cm³/mol. The van der Waals surface area contributed by atoms with E-state index in [1.165, 1.54) is 18.4 Å². The summed E-state index contributed by atoms with van der Waals surface area (Å²) in [6, 6.07) is 11.8. The number of rotatable bonds is 6. The van der Waals surface area contributed by atoms with Crippen molar-refractivity contribution in [3.05, 3.63) is 35.9 Å². The molecule has 0 aliphatic heterocycles. The first kappa shape index (κ1) is 13.2. The second-order valence-corrected chi connectivity index (χ2v) is 4.79. The fourth-order valence-corrected chi connectivity index (χ4v) is 2.28. The number of hydrogen-bond donors (Lipinski definition) is 1. The van der Waals surface area contributed by atoms with Crippen LogP contribution in [0, 0.1) is 5.92 Å². The normalized spacial score (nSPS) is 13.4. The summed E-state index contributed by atoms with van der Waals surface area (Å²) in [7, 11) is 0. The minimum absolute atomic E-state index is 0.496. The van der Waals surface area contributed by atoms with Gasteiger partial charge in [-0.3, -0.25) is 0 Å². The molecule has 1 N–H and O–H groups in total. The lowest BCUT2D eigenvalue weighted by molar-refractivity contribution is 0.321. The summed E-state index contributed by atoms with van der Waals surface area (Å²) in [5, 5.41) is 3.70. The number of hydrogen-bond acceptors (Lipinski definition) is 1. The Labute approximate surface area is 100 Å². The Bertz CT molecular complexity index is 275. The second-order valence-electron chi connectivity index (χ2n) is 4.79. The molecule has 0 radical (unpaired) electrons. The molecule has 0 bridgehead atoms. The summed E-state index contributed by atoms with van der Waals surface area (Å²) in [6.45, 7) is 9.01. The zero-order valence-corrected chi connectivity index (χ0v) is 11.0. The van der Waals surface area contributed by atoms with E-state index in [1.54, 1.807) is 0 Å². The lowest BCUT2D eigenvalue weighted by atomic mass is 9.88. The Morgan fingerprint density at radius 3 is 2.00 bits per heavy atom. The van der Waals surface area contributed by atoms with Crippen LogP contribution in [0.2, 0.25) is 0 Å². The maximum absolute atomic E-state index is 3.70. The van der Waals surface area contributed by atoms with Crippen molar-refractivity contribution in [1.82, 2.24) is 5.32 Å². The number of nitrogens with one attached hydrogen (secondary N) is 1. The molecule has 0 saturated carbocycles. The smallest absolute Gasteiger partial charge is 0.0350 e. The van der Waals surface area contributed by atoms with E-state index in [1.807, 2.05) is 0 Å². The van der Waals surface area contributed by atoms with Gasteiger partial charge in [0.25, 0.3) is 0 Å². The molecule has 1 atom stereocenters. The highest BCUT2D eigenvalue weighted by Crippen LogP contribution is 2.27. The Kier molecular flexibility index (Phi) is 5.54. The fourth-order valence-electron chi connectivity index (χ4n) is 2.28. The molecule has 1 aromatic rings. The third-order valence-electron chi connectivity index (χ3n) is 3.19. The number of benzene rings is 1. The highest BCUT2D eigenvalue weighted by molar-refractivity contribution is 5.19. The van der Waals surface area contributed by atoms with Crippen LogP contribution in [0.15, 0.2) is 30.3 Å². The maximum Gasteiger partial charge on any atom is 0.0350 e. The van der Waals surface area contributed by atoms with Crippen molar-refractivity contribution in [3.8, 4) is 0 Å². The van der Waals surface area contributed by atoms with Gasteiger partial charge in [0.2, 0.25) is 0 Å². The molecule has 1 heteroatoms. The Morgan fingerprint density at radius 2 is 1.56 bits per heavy atom. The predicted octanol–water partition coefficient (Wildman–Crippen LogP) is 4.16. The van der Waals surface area contributed by atoms with Gasteiger partial charge in [0.05, 0.1) is 0 Å². The van der Waals surface area contributed by atoms with E-state index in [4.69, 9.17) is 0 Å². The van der Waals surface area contributed by atoms with Crippen LogP contribution in [0.1, 0.15) is 52.1 Å². The molecule has 0 aliphatic carbocycles. The molecule has 0 spiro atoms. The largest absolute Gasteiger partial charge is 0.307 e. The van der Waals surface area contributed by atoms with Crippen molar-refractivity contribution in [3.63, 3.8) is 0 Å². The molecular weight excluding hydrogens is 194 g/mol. The molecule has 0 aliphatic rings. The fraction of sp³-hybridized carbons (Fsp3) is 0.600. The van der Waals surface area contributed by atoms with Crippen molar-refractivity contribution in [2.45, 2.75) is 52.6 Å². The summed E-state index contributed by atoms with van der Waals surface area (Å²) in [5.41, 5.74) is 1.42. The zero-order chi connectivity index (χ0) is 12.0. The minimum atomic E-state index is 0.496. The summed E-state index contributed by atoms with van der Waals surface area (Å²) in [4.78, 5) is 0. The molecule has 1 nitrogen and oxygen atoms in total. The first-order valence-electron chi connectivity index (χ1n) is 6.50. The van der Waals surface area contributed by atoms with Crippen molar-refractivity contribution < 1.29 is 0 Å². The molecule has 0 fully saturated rings. The Balaban J connectivity index is 2.86. The molecule has 90 valence electrons. The summed E-state index contributed by atoms with van der Waals surface area (Å²) in [6.07, 6.45) is 2.46. The van der Waals surface area contributed by atoms with E-state index in [0.717, 1.165) is 5.92 Å². The molecule has 0 heterocycles. The quantitative estimate of drug-likeness (QED) is 0.757. The Hall–Kier alpha value is -0.820. The van der Waals surface area contributed by atoms with Gasteiger partial charge in [-0.15, -0.1) is 0 Å². The molecule has 0 saturated heterocycles. The highest BCUT2D eigenvalue weighted by atomic mass is 14.9. The summed E-state index contributed by atoms with van der Waals surface area (Å²) >= 11 is 0. The van der Waals surface area contributed by atoms with Crippen molar-refractivity contribution in [2.75, 3.05) is 0 Å². The minimum Gasteiger partial charge on any atom is -0.307 e. The van der Waals surface area contributed by atoms with Gasteiger partial charge in [-0.25, -0.2) is 0 Å². The van der Waals surface area contributed by atoms with E-state index < -0.39 is 0 Å². The van der Waals surface area contributed by atoms with Gasteiger partial charge in [0, 0.05) is 12.1 Å². The van der Waals surface area contributed by atoms with Gasteiger partial charge in [-0.05, 0) is 11.5 Å². The van der Waals surface area contributed by atoms with Gasteiger partial charge >= 0.3 is 0 Å². The first-order valence-corrected chi connectivity index (χ1v) is 6.50. The monoisotopic (exact) mass is 219 g/mol. The standard InChI is InChI=1S/C15H25N/c1-5-13(6-2)15(16-12(3)4)14-10-8-7-9-11-14/h7-13,15-16H,5-6H2,1-4H3. The van der Waals surface area contributed by atoms with E-state index in [-0.39, 0.29) is 0 Å². The van der Waals surface area contributed by atoms with Crippen LogP contribution in [-0.4, -0.2) is 6.04 Å². The lowest BCUT2D eigenvalue weighted by Crippen LogP contribution is -2.33. The van der Waals surface area contributed by atoms with Crippen LogP contribution < -0.4 is 5.32 Å². The van der Waals surface area contributed by atoms with Crippen LogP contribution in [0.5, 0.6) is 0 Å². The average Bonchev–Trinajstić information content (AvgIpc) is 2.30. The first-order chi connectivity index (χ1) is 7.69. The SMILES string of the molecule is CCC(CC)C(NC(C)C)c1ccccc1. The highest BCUT2D eigenvalue weighted by Gasteiger charge is 2.20. The van der Waals surface area contributed by atoms with Gasteiger partial charge in [0.1, 0.15) is 0 Å². The second kappa shape index (κ2) is 6.70. The van der Waals surface area contributed by atoms with Crippen LogP contribution in [0.3, 0.4) is 0 Å². The van der Waals surface area contributed by atoms with Crippen molar-refractivity contribution in [1.29, 1.82) is 0 Å². The third-order valence-corrected chi connectivity index (χ3v) is 3.19. The molecule has 1 unspecified atom stereocenters. The van der Waals surface area contributed by atoms with Crippen LogP contribution in [0.25, 0.3) is 0 Å². The van der Waals surface area contributed by atoms with E-state index in [9.17, 15) is 0 Å². The van der Waals surface area contributed by atoms with Crippen LogP contribution in [0.4, 0.5) is 0 Å². The third kappa shape index (κ3) is 3.64. The van der Waals surface area contributed by atoms with Crippen molar-refractivity contribution >= 4 is 0 Å². The van der Waals surface area contributed by atoms with Gasteiger partial charge < -0.3 is 5.32 Å². The van der Waals surface area contributed by atoms with Gasteiger partial charge in [0.15, 0.2) is 0 Å². The topological polar surface area (TPSA) is 12.0 Å². The molecular formula is C15H25N. The van der Waals surface area contributed by atoms with Crippen LogP contribution in [-0.2, 0) is 0 Å². The zero-order valence-electron chi connectivity index (χ0n) is 11.0. The maximum atomic E-state index is 3.70.